The first kappa shape index (κ1) is 32.5. The number of unbranched alkanes of at least 4 members (excludes halogenated alkanes) is 8. The van der Waals surface area contributed by atoms with Gasteiger partial charge in [-0.05, 0) is 50.3 Å². The van der Waals surface area contributed by atoms with E-state index < -0.39 is 14.7 Å². The van der Waals surface area contributed by atoms with Gasteiger partial charge in [-0.2, -0.15) is 0 Å². The Kier molecular flexibility index (Phi) is 26.0. The van der Waals surface area contributed by atoms with Crippen LogP contribution < -0.4 is 9.79 Å². The minimum Gasteiger partial charge on any atom is -0.799 e. The van der Waals surface area contributed by atoms with Crippen molar-refractivity contribution in [3.05, 3.63) is 0 Å². The largest absolute Gasteiger partial charge is 2.00 e. The zero-order valence-electron chi connectivity index (χ0n) is 18.2. The molecule has 0 unspecified atom stereocenters. The Morgan fingerprint density at radius 1 is 0.481 bits per heavy atom. The van der Waals surface area contributed by atoms with Crippen molar-refractivity contribution >= 4 is 14.7 Å². The van der Waals surface area contributed by atoms with Gasteiger partial charge in [0.2, 0.25) is 0 Å². The third kappa shape index (κ3) is 26.9. The topological polar surface area (TPSA) is 80.3 Å². The monoisotopic (exact) mass is 469 g/mol. The summed E-state index contributed by atoms with van der Waals surface area (Å²) in [5, 5.41) is 0. The van der Waals surface area contributed by atoms with Crippen LogP contribution in [-0.4, -0.2) is 24.6 Å². The Morgan fingerprint density at radius 3 is 0.815 bits per heavy atom. The van der Waals surface area contributed by atoms with Gasteiger partial charge in [0.25, 0.3) is 0 Å². The molecule has 7 heteroatoms. The summed E-state index contributed by atoms with van der Waals surface area (Å²) in [5.74, 6) is 0. The zero-order chi connectivity index (χ0) is 20.3. The van der Waals surface area contributed by atoms with Crippen LogP contribution in [0.5, 0.6) is 0 Å². The van der Waals surface area contributed by atoms with E-state index in [2.05, 4.69) is 27.7 Å². The first-order valence-corrected chi connectivity index (χ1v) is 14.8. The van der Waals surface area contributed by atoms with Crippen molar-refractivity contribution in [1.29, 1.82) is 0 Å². The molecule has 4 nitrogen and oxygen atoms in total. The molecular weight excluding hydrogens is 425 g/mol. The minimum absolute atomic E-state index is 0. The van der Waals surface area contributed by atoms with Gasteiger partial charge >= 0.3 is 16.8 Å². The smallest absolute Gasteiger partial charge is 0.799 e. The Bertz CT molecular complexity index is 328. The van der Waals surface area contributed by atoms with Crippen molar-refractivity contribution in [2.24, 2.45) is 0 Å². The summed E-state index contributed by atoms with van der Waals surface area (Å²) in [6, 6.07) is 0. The molecule has 0 bridgehead atoms. The van der Waals surface area contributed by atoms with Gasteiger partial charge in [-0.15, -0.1) is 0 Å². The van der Waals surface area contributed by atoms with Crippen molar-refractivity contribution in [3.8, 4) is 0 Å². The quantitative estimate of drug-likeness (QED) is 0.205. The van der Waals surface area contributed by atoms with E-state index in [4.69, 9.17) is 0 Å². The fourth-order valence-electron chi connectivity index (χ4n) is 2.63. The fourth-order valence-corrected chi connectivity index (χ4v) is 5.90. The van der Waals surface area contributed by atoms with Crippen LogP contribution >= 0.6 is 14.7 Å². The van der Waals surface area contributed by atoms with Crippen molar-refractivity contribution in [3.63, 3.8) is 0 Å². The summed E-state index contributed by atoms with van der Waals surface area (Å²) in [5.41, 5.74) is 0. The molecule has 0 fully saturated rings. The van der Waals surface area contributed by atoms with Gasteiger partial charge < -0.3 is 18.9 Å². The number of hydrogen-bond donors (Lipinski definition) is 0. The molecule has 0 aliphatic heterocycles. The molecule has 1 radical (unpaired) electrons. The van der Waals surface area contributed by atoms with E-state index >= 15 is 0 Å². The molecule has 0 saturated heterocycles. The molecule has 0 aromatic heterocycles. The molecule has 0 aliphatic rings. The van der Waals surface area contributed by atoms with Crippen molar-refractivity contribution in [2.45, 2.75) is 105 Å². The number of rotatable bonds is 16. The van der Waals surface area contributed by atoms with E-state index in [1.165, 1.54) is 0 Å². The second-order valence-corrected chi connectivity index (χ2v) is 12.4. The van der Waals surface area contributed by atoms with Crippen LogP contribution in [-0.2, 0) is 25.9 Å². The van der Waals surface area contributed by atoms with E-state index in [1.54, 1.807) is 0 Å². The molecule has 0 aliphatic carbocycles. The molecule has 0 amide bonds. The van der Waals surface area contributed by atoms with E-state index in [1.807, 2.05) is 0 Å². The van der Waals surface area contributed by atoms with Gasteiger partial charge in [-0.25, -0.2) is 0 Å². The van der Waals surface area contributed by atoms with Crippen LogP contribution in [0.2, 0.25) is 0 Å². The maximum atomic E-state index is 11.4. The SMILES string of the molecule is CCCCCP(=O)([O-])CCCCC.CCCCCP(=O)([O-])CCCCC.[Co+2]. The van der Waals surface area contributed by atoms with Crippen LogP contribution in [0.1, 0.15) is 105 Å². The first-order chi connectivity index (χ1) is 12.2. The van der Waals surface area contributed by atoms with Crippen LogP contribution in [0.15, 0.2) is 0 Å². The Labute approximate surface area is 179 Å². The molecule has 0 heterocycles. The molecule has 167 valence electrons. The van der Waals surface area contributed by atoms with Crippen LogP contribution in [0.3, 0.4) is 0 Å². The van der Waals surface area contributed by atoms with Crippen LogP contribution in [0.4, 0.5) is 0 Å². The Balaban J connectivity index is -0.000000411. The molecule has 0 aromatic rings. The molecule has 0 N–H and O–H groups in total. The maximum absolute atomic E-state index is 11.4. The number of hydrogen-bond acceptors (Lipinski definition) is 4. The molecule has 0 aromatic carbocycles. The average molecular weight is 469 g/mol. The van der Waals surface area contributed by atoms with Gasteiger partial charge in [-0.3, -0.25) is 0 Å². The molecule has 0 spiro atoms. The van der Waals surface area contributed by atoms with Gasteiger partial charge in [0.05, 0.1) is 0 Å². The van der Waals surface area contributed by atoms with Gasteiger partial charge in [0.1, 0.15) is 0 Å². The molecule has 0 saturated carbocycles. The first-order valence-electron chi connectivity index (χ1n) is 10.8. The average Bonchev–Trinajstić information content (AvgIpc) is 2.56. The molecule has 0 atom stereocenters. The summed E-state index contributed by atoms with van der Waals surface area (Å²) >= 11 is 0. The predicted octanol–water partition coefficient (Wildman–Crippen LogP) is 6.01. The van der Waals surface area contributed by atoms with Gasteiger partial charge in [-0.1, -0.05) is 79.1 Å². The zero-order valence-corrected chi connectivity index (χ0v) is 21.0. The Morgan fingerprint density at radius 2 is 0.667 bits per heavy atom. The predicted molar refractivity (Wildman–Crippen MR) is 113 cm³/mol. The second-order valence-electron chi connectivity index (χ2n) is 7.35. The van der Waals surface area contributed by atoms with Crippen molar-refractivity contribution in [2.75, 3.05) is 24.6 Å². The molecule has 0 rings (SSSR count). The summed E-state index contributed by atoms with van der Waals surface area (Å²) < 4.78 is 22.8. The van der Waals surface area contributed by atoms with Crippen LogP contribution in [0.25, 0.3) is 0 Å². The van der Waals surface area contributed by atoms with Crippen LogP contribution in [0, 0.1) is 0 Å². The fraction of sp³-hybridized carbons (Fsp3) is 1.00. The standard InChI is InChI=1S/2C10H23O2P.Co/c2*1-3-5-7-9-13(11,12)10-8-6-4-2;/h2*3-10H2,1-2H3,(H,11,12);/q;;+2/p-2. The van der Waals surface area contributed by atoms with E-state index in [9.17, 15) is 18.9 Å². The van der Waals surface area contributed by atoms with E-state index in [-0.39, 0.29) is 16.8 Å². The summed E-state index contributed by atoms with van der Waals surface area (Å²) in [6.07, 6.45) is 13.6. The summed E-state index contributed by atoms with van der Waals surface area (Å²) in [6.45, 7) is 8.36. The van der Waals surface area contributed by atoms with Crippen molar-refractivity contribution in [1.82, 2.24) is 0 Å². The van der Waals surface area contributed by atoms with E-state index in [0.717, 1.165) is 77.0 Å². The van der Waals surface area contributed by atoms with Gasteiger partial charge in [0.15, 0.2) is 0 Å². The summed E-state index contributed by atoms with van der Waals surface area (Å²) in [4.78, 5) is 22.8. The van der Waals surface area contributed by atoms with Crippen molar-refractivity contribution < 1.29 is 35.7 Å². The normalized spacial score (nSPS) is 11.5. The second kappa shape index (κ2) is 21.6. The summed E-state index contributed by atoms with van der Waals surface area (Å²) in [7, 11) is -6.00. The maximum Gasteiger partial charge on any atom is 2.00 e. The Hall–Kier alpha value is 0.886. The molecule has 27 heavy (non-hydrogen) atoms. The third-order valence-corrected chi connectivity index (χ3v) is 8.40. The van der Waals surface area contributed by atoms with Gasteiger partial charge in [0, 0.05) is 14.7 Å². The third-order valence-electron chi connectivity index (χ3n) is 4.41. The molecular formula is C20H44CoO4P2. The van der Waals surface area contributed by atoms with E-state index in [0.29, 0.717) is 24.6 Å². The minimum atomic E-state index is -3.00.